The average molecular weight is 274 g/mol. The van der Waals surface area contributed by atoms with Gasteiger partial charge in [-0.2, -0.15) is 0 Å². The summed E-state index contributed by atoms with van der Waals surface area (Å²) in [7, 11) is 0. The van der Waals surface area contributed by atoms with Crippen LogP contribution in [0.5, 0.6) is 0 Å². The van der Waals surface area contributed by atoms with Crippen molar-refractivity contribution in [3.05, 3.63) is 29.5 Å². The van der Waals surface area contributed by atoms with E-state index in [9.17, 15) is 0 Å². The second-order valence-electron chi connectivity index (χ2n) is 5.88. The fourth-order valence-corrected chi connectivity index (χ4v) is 3.81. The smallest absolute Gasteiger partial charge is 0.137 e. The summed E-state index contributed by atoms with van der Waals surface area (Å²) in [6.07, 6.45) is 7.20. The van der Waals surface area contributed by atoms with E-state index in [4.69, 9.17) is 11.6 Å². The average Bonchev–Trinajstić information content (AvgIpc) is 2.37. The van der Waals surface area contributed by atoms with E-state index in [1.54, 1.807) is 6.20 Å². The van der Waals surface area contributed by atoms with E-state index in [-0.39, 0.29) is 0 Å². The van der Waals surface area contributed by atoms with Crippen molar-refractivity contribution in [2.45, 2.75) is 31.7 Å². The van der Waals surface area contributed by atoms with Crippen LogP contribution in [-0.2, 0) is 0 Å². The van der Waals surface area contributed by atoms with Crippen LogP contribution in [0.1, 0.15) is 25.7 Å². The fourth-order valence-electron chi connectivity index (χ4n) is 3.63. The fraction of sp³-hybridized carbons (Fsp3) is 0.467. The third-order valence-electron chi connectivity index (χ3n) is 4.48. The molecular formula is C15H16ClN3. The van der Waals surface area contributed by atoms with Crippen molar-refractivity contribution < 1.29 is 0 Å². The van der Waals surface area contributed by atoms with E-state index in [0.29, 0.717) is 11.2 Å². The van der Waals surface area contributed by atoms with Gasteiger partial charge >= 0.3 is 0 Å². The minimum Gasteiger partial charge on any atom is -0.367 e. The highest BCUT2D eigenvalue weighted by molar-refractivity contribution is 6.30. The molecule has 0 aliphatic heterocycles. The highest BCUT2D eigenvalue weighted by Gasteiger charge is 2.38. The van der Waals surface area contributed by atoms with Crippen LogP contribution in [0.15, 0.2) is 24.4 Å². The van der Waals surface area contributed by atoms with Gasteiger partial charge in [-0.3, -0.25) is 4.98 Å². The lowest BCUT2D eigenvalue weighted by Crippen LogP contribution is -2.40. The highest BCUT2D eigenvalue weighted by Crippen LogP contribution is 2.46. The van der Waals surface area contributed by atoms with Crippen molar-refractivity contribution in [3.63, 3.8) is 0 Å². The van der Waals surface area contributed by atoms with Crippen molar-refractivity contribution in [3.8, 4) is 0 Å². The molecule has 0 radical (unpaired) electrons. The molecule has 2 heterocycles. The van der Waals surface area contributed by atoms with Gasteiger partial charge < -0.3 is 5.32 Å². The summed E-state index contributed by atoms with van der Waals surface area (Å²) in [4.78, 5) is 8.80. The van der Waals surface area contributed by atoms with Crippen molar-refractivity contribution >= 4 is 28.3 Å². The molecule has 2 aromatic heterocycles. The number of nitrogens with one attached hydrogen (secondary N) is 1. The predicted molar refractivity (Wildman–Crippen MR) is 77.4 cm³/mol. The van der Waals surface area contributed by atoms with E-state index in [0.717, 1.165) is 28.6 Å². The van der Waals surface area contributed by atoms with Crippen molar-refractivity contribution in [1.29, 1.82) is 0 Å². The molecule has 3 aliphatic rings. The van der Waals surface area contributed by atoms with Gasteiger partial charge in [0.05, 0.1) is 5.52 Å². The van der Waals surface area contributed by atoms with Crippen LogP contribution in [0.4, 0.5) is 5.82 Å². The largest absolute Gasteiger partial charge is 0.367 e. The molecule has 2 bridgehead atoms. The Morgan fingerprint density at radius 3 is 2.74 bits per heavy atom. The van der Waals surface area contributed by atoms with Gasteiger partial charge in [0.2, 0.25) is 0 Å². The van der Waals surface area contributed by atoms with Crippen molar-refractivity contribution in [2.24, 2.45) is 11.8 Å². The molecule has 0 atom stereocenters. The molecule has 1 N–H and O–H groups in total. The van der Waals surface area contributed by atoms with E-state index in [2.05, 4.69) is 21.4 Å². The van der Waals surface area contributed by atoms with Crippen molar-refractivity contribution in [2.75, 3.05) is 5.32 Å². The molecule has 2 aromatic rings. The van der Waals surface area contributed by atoms with Crippen LogP contribution < -0.4 is 5.32 Å². The first-order valence-electron chi connectivity index (χ1n) is 6.96. The maximum atomic E-state index is 6.09. The van der Waals surface area contributed by atoms with Gasteiger partial charge in [-0.1, -0.05) is 11.6 Å². The summed E-state index contributed by atoms with van der Waals surface area (Å²) in [5, 5.41) is 5.16. The summed E-state index contributed by atoms with van der Waals surface area (Å²) < 4.78 is 0. The van der Waals surface area contributed by atoms with E-state index in [1.807, 2.05) is 12.1 Å². The predicted octanol–water partition coefficient (Wildman–Crippen LogP) is 3.88. The van der Waals surface area contributed by atoms with Crippen molar-refractivity contribution in [1.82, 2.24) is 9.97 Å². The number of rotatable bonds is 2. The van der Waals surface area contributed by atoms with E-state index in [1.165, 1.54) is 25.7 Å². The molecule has 0 amide bonds. The molecule has 3 fully saturated rings. The Labute approximate surface area is 117 Å². The number of aromatic nitrogens is 2. The Kier molecular flexibility index (Phi) is 2.62. The minimum atomic E-state index is 0.509. The van der Waals surface area contributed by atoms with Gasteiger partial charge in [0, 0.05) is 23.7 Å². The number of anilines is 1. The number of nitrogens with zero attached hydrogens (tertiary/aromatic N) is 2. The Morgan fingerprint density at radius 1 is 1.16 bits per heavy atom. The lowest BCUT2D eigenvalue weighted by atomic mass is 9.63. The number of fused-ring (bicyclic) bond motifs is 3. The van der Waals surface area contributed by atoms with Crippen LogP contribution in [0.25, 0.3) is 10.9 Å². The standard InChI is InChI=1S/C15H16ClN3/c16-14-8-13-12(2-1-3-17-13)15(19-14)18-11-6-9-4-10(5-9)7-11/h1-3,8-11H,4-7H2,(H,18,19). The van der Waals surface area contributed by atoms with Gasteiger partial charge in [0.15, 0.2) is 0 Å². The molecular weight excluding hydrogens is 258 g/mol. The van der Waals surface area contributed by atoms with Crippen LogP contribution in [0.2, 0.25) is 5.15 Å². The first-order valence-corrected chi connectivity index (χ1v) is 7.33. The molecule has 19 heavy (non-hydrogen) atoms. The summed E-state index contributed by atoms with van der Waals surface area (Å²) >= 11 is 6.09. The Bertz CT molecular complexity index is 612. The molecule has 0 aromatic carbocycles. The molecule has 3 nitrogen and oxygen atoms in total. The molecule has 0 saturated heterocycles. The maximum Gasteiger partial charge on any atom is 0.137 e. The monoisotopic (exact) mass is 273 g/mol. The topological polar surface area (TPSA) is 37.8 Å². The first kappa shape index (κ1) is 11.5. The quantitative estimate of drug-likeness (QED) is 0.844. The molecule has 4 heteroatoms. The summed E-state index contributed by atoms with van der Waals surface area (Å²) in [6, 6.07) is 6.37. The summed E-state index contributed by atoms with van der Waals surface area (Å²) in [6.45, 7) is 0. The number of pyridine rings is 2. The maximum absolute atomic E-state index is 6.09. The zero-order valence-electron chi connectivity index (χ0n) is 10.6. The Hall–Kier alpha value is -1.35. The van der Waals surface area contributed by atoms with Crippen LogP contribution in [-0.4, -0.2) is 16.0 Å². The molecule has 0 spiro atoms. The van der Waals surface area contributed by atoms with E-state index < -0.39 is 0 Å². The minimum absolute atomic E-state index is 0.509. The van der Waals surface area contributed by atoms with Gasteiger partial charge in [-0.05, 0) is 49.7 Å². The second-order valence-corrected chi connectivity index (χ2v) is 6.27. The molecule has 3 aliphatic carbocycles. The second kappa shape index (κ2) is 4.34. The summed E-state index contributed by atoms with van der Waals surface area (Å²) in [5.41, 5.74) is 0.908. The molecule has 98 valence electrons. The molecule has 3 saturated carbocycles. The third kappa shape index (κ3) is 2.06. The number of halogens is 1. The van der Waals surface area contributed by atoms with Gasteiger partial charge in [-0.25, -0.2) is 4.98 Å². The van der Waals surface area contributed by atoms with Gasteiger partial charge in [0.1, 0.15) is 11.0 Å². The van der Waals surface area contributed by atoms with Crippen LogP contribution in [0, 0.1) is 11.8 Å². The highest BCUT2D eigenvalue weighted by atomic mass is 35.5. The van der Waals surface area contributed by atoms with E-state index >= 15 is 0 Å². The lowest BCUT2D eigenvalue weighted by molar-refractivity contribution is 0.105. The zero-order valence-corrected chi connectivity index (χ0v) is 11.4. The normalized spacial score (nSPS) is 29.0. The SMILES string of the molecule is Clc1cc2ncccc2c(NC2CC3CC(C3)C2)n1. The number of hydrogen-bond acceptors (Lipinski definition) is 3. The third-order valence-corrected chi connectivity index (χ3v) is 4.67. The van der Waals surface area contributed by atoms with Crippen LogP contribution >= 0.6 is 11.6 Å². The molecule has 0 unspecified atom stereocenters. The van der Waals surface area contributed by atoms with Crippen LogP contribution in [0.3, 0.4) is 0 Å². The van der Waals surface area contributed by atoms with Gasteiger partial charge in [-0.15, -0.1) is 0 Å². The van der Waals surface area contributed by atoms with Gasteiger partial charge in [0.25, 0.3) is 0 Å². The first-order chi connectivity index (χ1) is 9.28. The molecule has 5 rings (SSSR count). The Balaban J connectivity index is 1.66. The summed E-state index contributed by atoms with van der Waals surface area (Å²) in [5.74, 6) is 2.75. The number of hydrogen-bond donors (Lipinski definition) is 1. The lowest BCUT2D eigenvalue weighted by Gasteiger charge is -2.45. The zero-order chi connectivity index (χ0) is 12.8. The Morgan fingerprint density at radius 2 is 1.95 bits per heavy atom.